The lowest BCUT2D eigenvalue weighted by Gasteiger charge is -2.25. The molecule has 5 heteroatoms. The molecular weight excluding hydrogens is 337 g/mol. The van der Waals surface area contributed by atoms with Crippen molar-refractivity contribution in [1.82, 2.24) is 4.31 Å². The van der Waals surface area contributed by atoms with Gasteiger partial charge in [0.05, 0.1) is 10.9 Å². The third kappa shape index (κ3) is 3.48. The van der Waals surface area contributed by atoms with Gasteiger partial charge in [-0.1, -0.05) is 51.1 Å². The van der Waals surface area contributed by atoms with E-state index < -0.39 is 16.1 Å². The van der Waals surface area contributed by atoms with Crippen molar-refractivity contribution >= 4 is 10.0 Å². The van der Waals surface area contributed by atoms with Crippen LogP contribution in [0, 0.1) is 5.82 Å². The van der Waals surface area contributed by atoms with Gasteiger partial charge >= 0.3 is 0 Å². The molecule has 1 heterocycles. The minimum Gasteiger partial charge on any atom is -0.207 e. The molecule has 1 fully saturated rings. The Hall–Kier alpha value is -1.72. The van der Waals surface area contributed by atoms with Crippen molar-refractivity contribution in [2.75, 3.05) is 6.54 Å². The van der Waals surface area contributed by atoms with Crippen LogP contribution in [0.15, 0.2) is 53.4 Å². The van der Waals surface area contributed by atoms with Gasteiger partial charge in [-0.15, -0.1) is 0 Å². The Morgan fingerprint density at radius 2 is 1.68 bits per heavy atom. The Kier molecular flexibility index (Phi) is 4.73. The number of hydrogen-bond acceptors (Lipinski definition) is 2. The highest BCUT2D eigenvalue weighted by Gasteiger charge is 2.37. The van der Waals surface area contributed by atoms with Gasteiger partial charge in [0.2, 0.25) is 10.0 Å². The van der Waals surface area contributed by atoms with Crippen LogP contribution in [0.3, 0.4) is 0 Å². The van der Waals surface area contributed by atoms with Crippen molar-refractivity contribution in [1.29, 1.82) is 0 Å². The molecule has 3 nitrogen and oxygen atoms in total. The van der Waals surface area contributed by atoms with Crippen LogP contribution in [-0.4, -0.2) is 19.3 Å². The smallest absolute Gasteiger partial charge is 0.207 e. The Labute approximate surface area is 149 Å². The number of halogens is 1. The zero-order valence-electron chi connectivity index (χ0n) is 14.9. The van der Waals surface area contributed by atoms with Gasteiger partial charge in [0, 0.05) is 12.1 Å². The standard InChI is InChI=1S/C20H24FNO2S/c1-20(2,3)15-10-12-16(13-11-15)25(23,24)22-14-6-9-19(22)17-7-4-5-8-18(17)21/h4-5,7-8,10-13,19H,6,9,14H2,1-3H3/t19-/m1/s1. The summed E-state index contributed by atoms with van der Waals surface area (Å²) < 4.78 is 41.8. The average Bonchev–Trinajstić information content (AvgIpc) is 3.05. The van der Waals surface area contributed by atoms with E-state index in [1.54, 1.807) is 30.3 Å². The molecule has 0 N–H and O–H groups in total. The molecule has 25 heavy (non-hydrogen) atoms. The Morgan fingerprint density at radius 3 is 2.28 bits per heavy atom. The SMILES string of the molecule is CC(C)(C)c1ccc(S(=O)(=O)N2CCC[C@@H]2c2ccccc2F)cc1. The first kappa shape index (κ1) is 18.1. The molecule has 2 aromatic rings. The van der Waals surface area contributed by atoms with Gasteiger partial charge in [0.1, 0.15) is 5.82 Å². The van der Waals surface area contributed by atoms with Gasteiger partial charge in [0.15, 0.2) is 0 Å². The minimum absolute atomic E-state index is 0.0361. The number of sulfonamides is 1. The molecule has 1 aliphatic rings. The number of nitrogens with zero attached hydrogens (tertiary/aromatic N) is 1. The van der Waals surface area contributed by atoms with Gasteiger partial charge in [-0.3, -0.25) is 0 Å². The van der Waals surface area contributed by atoms with Gasteiger partial charge in [0.25, 0.3) is 0 Å². The monoisotopic (exact) mass is 361 g/mol. The Bertz CT molecular complexity index is 854. The van der Waals surface area contributed by atoms with E-state index in [0.717, 1.165) is 12.0 Å². The molecule has 134 valence electrons. The summed E-state index contributed by atoms with van der Waals surface area (Å²) in [6.45, 7) is 6.68. The third-order valence-electron chi connectivity index (χ3n) is 4.79. The largest absolute Gasteiger partial charge is 0.243 e. The average molecular weight is 361 g/mol. The lowest BCUT2D eigenvalue weighted by molar-refractivity contribution is 0.386. The second kappa shape index (κ2) is 6.54. The first-order valence-corrected chi connectivity index (χ1v) is 10.0. The van der Waals surface area contributed by atoms with Gasteiger partial charge in [-0.25, -0.2) is 12.8 Å². The van der Waals surface area contributed by atoms with Crippen LogP contribution < -0.4 is 0 Å². The van der Waals surface area contributed by atoms with Crippen LogP contribution in [0.1, 0.15) is 50.8 Å². The van der Waals surface area contributed by atoms with E-state index in [9.17, 15) is 12.8 Å². The summed E-state index contributed by atoms with van der Waals surface area (Å²) in [6, 6.07) is 13.0. The highest BCUT2D eigenvalue weighted by Crippen LogP contribution is 2.37. The highest BCUT2D eigenvalue weighted by atomic mass is 32.2. The first-order valence-electron chi connectivity index (χ1n) is 8.58. The van der Waals surface area contributed by atoms with Crippen LogP contribution in [0.4, 0.5) is 4.39 Å². The van der Waals surface area contributed by atoms with E-state index in [4.69, 9.17) is 0 Å². The molecule has 1 atom stereocenters. The quantitative estimate of drug-likeness (QED) is 0.798. The maximum atomic E-state index is 14.2. The fourth-order valence-corrected chi connectivity index (χ4v) is 5.02. The topological polar surface area (TPSA) is 37.4 Å². The fraction of sp³-hybridized carbons (Fsp3) is 0.400. The summed E-state index contributed by atoms with van der Waals surface area (Å²) in [6.07, 6.45) is 1.37. The Morgan fingerprint density at radius 1 is 1.04 bits per heavy atom. The third-order valence-corrected chi connectivity index (χ3v) is 6.72. The molecule has 0 saturated carbocycles. The molecule has 0 bridgehead atoms. The van der Waals surface area contributed by atoms with Crippen molar-refractivity contribution in [3.63, 3.8) is 0 Å². The molecule has 1 aliphatic heterocycles. The lowest BCUT2D eigenvalue weighted by Crippen LogP contribution is -2.31. The van der Waals surface area contributed by atoms with Crippen molar-refractivity contribution in [3.05, 3.63) is 65.5 Å². The Balaban J connectivity index is 1.95. The van der Waals surface area contributed by atoms with Crippen LogP contribution in [0.25, 0.3) is 0 Å². The molecule has 3 rings (SSSR count). The zero-order chi connectivity index (χ0) is 18.2. The van der Waals surface area contributed by atoms with E-state index in [0.29, 0.717) is 18.5 Å². The molecule has 0 amide bonds. The van der Waals surface area contributed by atoms with E-state index in [1.165, 1.54) is 10.4 Å². The van der Waals surface area contributed by atoms with Gasteiger partial charge in [-0.2, -0.15) is 4.31 Å². The lowest BCUT2D eigenvalue weighted by atomic mass is 9.87. The van der Waals surface area contributed by atoms with Crippen LogP contribution in [0.2, 0.25) is 0 Å². The normalized spacial score (nSPS) is 19.3. The van der Waals surface area contributed by atoms with Crippen LogP contribution in [-0.2, 0) is 15.4 Å². The molecule has 0 radical (unpaired) electrons. The maximum absolute atomic E-state index is 14.2. The summed E-state index contributed by atoms with van der Waals surface area (Å²) in [4.78, 5) is 0.267. The highest BCUT2D eigenvalue weighted by molar-refractivity contribution is 7.89. The molecule has 1 saturated heterocycles. The fourth-order valence-electron chi connectivity index (χ4n) is 3.35. The second-order valence-corrected chi connectivity index (χ2v) is 9.46. The van der Waals surface area contributed by atoms with Gasteiger partial charge < -0.3 is 0 Å². The summed E-state index contributed by atoms with van der Waals surface area (Å²) in [5.74, 6) is -0.349. The van der Waals surface area contributed by atoms with E-state index in [2.05, 4.69) is 20.8 Å². The summed E-state index contributed by atoms with van der Waals surface area (Å²) in [7, 11) is -3.65. The van der Waals surface area contributed by atoms with Gasteiger partial charge in [-0.05, 0) is 42.0 Å². The van der Waals surface area contributed by atoms with Crippen molar-refractivity contribution < 1.29 is 12.8 Å². The second-order valence-electron chi connectivity index (χ2n) is 7.57. The van der Waals surface area contributed by atoms with Crippen molar-refractivity contribution in [2.24, 2.45) is 0 Å². The predicted octanol–water partition coefficient (Wildman–Crippen LogP) is 4.65. The molecule has 2 aromatic carbocycles. The van der Waals surface area contributed by atoms with Crippen molar-refractivity contribution in [2.45, 2.75) is 50.0 Å². The number of rotatable bonds is 3. The molecule has 0 aromatic heterocycles. The number of hydrogen-bond donors (Lipinski definition) is 0. The van der Waals surface area contributed by atoms with E-state index in [1.807, 2.05) is 12.1 Å². The first-order chi connectivity index (χ1) is 11.7. The minimum atomic E-state index is -3.65. The zero-order valence-corrected chi connectivity index (χ0v) is 15.7. The molecule has 0 aliphatic carbocycles. The van der Waals surface area contributed by atoms with Crippen LogP contribution in [0.5, 0.6) is 0 Å². The maximum Gasteiger partial charge on any atom is 0.243 e. The summed E-state index contributed by atoms with van der Waals surface area (Å²) in [5, 5.41) is 0. The summed E-state index contributed by atoms with van der Waals surface area (Å²) in [5.41, 5.74) is 1.50. The molecular formula is C20H24FNO2S. The number of benzene rings is 2. The summed E-state index contributed by atoms with van der Waals surface area (Å²) >= 11 is 0. The van der Waals surface area contributed by atoms with E-state index >= 15 is 0 Å². The van der Waals surface area contributed by atoms with Crippen molar-refractivity contribution in [3.8, 4) is 0 Å². The predicted molar refractivity (Wildman–Crippen MR) is 97.4 cm³/mol. The van der Waals surface area contributed by atoms with E-state index in [-0.39, 0.29) is 16.1 Å². The molecule has 0 unspecified atom stereocenters. The van der Waals surface area contributed by atoms with Crippen LogP contribution >= 0.6 is 0 Å². The molecule has 0 spiro atoms.